The summed E-state index contributed by atoms with van der Waals surface area (Å²) in [5, 5.41) is 0.253. The Morgan fingerprint density at radius 3 is 2.40 bits per heavy atom. The van der Waals surface area contributed by atoms with Gasteiger partial charge >= 0.3 is 7.12 Å². The molecular weight excluding hydrogens is 335 g/mol. The Hall–Kier alpha value is 0.382. The third-order valence-corrected chi connectivity index (χ3v) is 9.15. The average molecular weight is 363 g/mol. The average Bonchev–Trinajstić information content (AvgIpc) is 2.36. The highest BCUT2D eigenvalue weighted by Gasteiger charge is 2.37. The van der Waals surface area contributed by atoms with Gasteiger partial charge in [0.2, 0.25) is 0 Å². The number of halogens is 1. The van der Waals surface area contributed by atoms with Crippen LogP contribution in [0.4, 0.5) is 0 Å². The summed E-state index contributed by atoms with van der Waals surface area (Å²) in [6, 6.07) is 0. The second kappa shape index (κ2) is 7.59. The molecule has 0 bridgehead atoms. The molecule has 1 atom stereocenters. The maximum atomic E-state index is 6.24. The van der Waals surface area contributed by atoms with Crippen molar-refractivity contribution < 1.29 is 13.7 Å². The van der Waals surface area contributed by atoms with E-state index in [-0.39, 0.29) is 12.2 Å². The Morgan fingerprint density at radius 1 is 1.35 bits per heavy atom. The summed E-state index contributed by atoms with van der Waals surface area (Å²) in [4.78, 5) is 0. The van der Waals surface area contributed by atoms with Gasteiger partial charge in [0, 0.05) is 24.2 Å². The zero-order valence-corrected chi connectivity index (χ0v) is 16.2. The van der Waals surface area contributed by atoms with Gasteiger partial charge in [-0.15, -0.1) is 0 Å². The SMILES string of the molecule is C[C@@H](/C=C(\Br)B1OCCCO1)CO[Si](C)(C)C(C)(C)C. The van der Waals surface area contributed by atoms with E-state index in [2.05, 4.69) is 62.8 Å². The highest BCUT2D eigenvalue weighted by atomic mass is 79.9. The van der Waals surface area contributed by atoms with E-state index in [0.29, 0.717) is 5.92 Å². The van der Waals surface area contributed by atoms with Crippen molar-refractivity contribution in [1.29, 1.82) is 0 Å². The Balaban J connectivity index is 2.48. The van der Waals surface area contributed by atoms with Crippen LogP contribution in [0.3, 0.4) is 0 Å². The Morgan fingerprint density at radius 2 is 1.90 bits per heavy atom. The van der Waals surface area contributed by atoms with E-state index in [4.69, 9.17) is 13.7 Å². The van der Waals surface area contributed by atoms with Crippen LogP contribution < -0.4 is 0 Å². The van der Waals surface area contributed by atoms with Crippen LogP contribution in [0.1, 0.15) is 34.1 Å². The first-order chi connectivity index (χ1) is 9.13. The van der Waals surface area contributed by atoms with Gasteiger partial charge in [0.1, 0.15) is 0 Å². The molecule has 1 aliphatic rings. The molecule has 0 spiro atoms. The maximum absolute atomic E-state index is 6.24. The van der Waals surface area contributed by atoms with Gasteiger partial charge in [-0.05, 0) is 30.5 Å². The van der Waals surface area contributed by atoms with Crippen LogP contribution in [0.25, 0.3) is 0 Å². The number of hydrogen-bond donors (Lipinski definition) is 0. The molecular formula is C14H28BBrO3Si. The minimum Gasteiger partial charge on any atom is -0.416 e. The van der Waals surface area contributed by atoms with Gasteiger partial charge in [-0.3, -0.25) is 0 Å². The van der Waals surface area contributed by atoms with Crippen molar-refractivity contribution in [3.05, 3.63) is 10.5 Å². The van der Waals surface area contributed by atoms with Crippen LogP contribution in [0.15, 0.2) is 10.5 Å². The third kappa shape index (κ3) is 5.64. The lowest BCUT2D eigenvalue weighted by atomic mass is 9.86. The molecule has 1 saturated heterocycles. The van der Waals surface area contributed by atoms with Crippen molar-refractivity contribution in [2.24, 2.45) is 5.92 Å². The van der Waals surface area contributed by atoms with Gasteiger partial charge in [0.25, 0.3) is 0 Å². The minimum atomic E-state index is -1.67. The minimum absolute atomic E-state index is 0.237. The lowest BCUT2D eigenvalue weighted by Gasteiger charge is -2.36. The van der Waals surface area contributed by atoms with Crippen LogP contribution in [-0.2, 0) is 13.7 Å². The van der Waals surface area contributed by atoms with Gasteiger partial charge in [0.15, 0.2) is 8.32 Å². The van der Waals surface area contributed by atoms with E-state index in [1.54, 1.807) is 0 Å². The second-order valence-corrected chi connectivity index (χ2v) is 12.8. The fraction of sp³-hybridized carbons (Fsp3) is 0.857. The molecule has 1 heterocycles. The second-order valence-electron chi connectivity index (χ2n) is 7.03. The molecule has 0 radical (unpaired) electrons. The highest BCUT2D eigenvalue weighted by Crippen LogP contribution is 2.36. The van der Waals surface area contributed by atoms with Crippen molar-refractivity contribution >= 4 is 31.4 Å². The molecule has 0 aromatic heterocycles. The van der Waals surface area contributed by atoms with E-state index in [1.165, 1.54) is 0 Å². The molecule has 20 heavy (non-hydrogen) atoms. The normalized spacial score (nSPS) is 20.1. The molecule has 1 fully saturated rings. The fourth-order valence-electron chi connectivity index (χ4n) is 1.60. The lowest BCUT2D eigenvalue weighted by molar-refractivity contribution is 0.141. The van der Waals surface area contributed by atoms with Gasteiger partial charge < -0.3 is 13.7 Å². The van der Waals surface area contributed by atoms with Gasteiger partial charge in [0.05, 0.1) is 0 Å². The maximum Gasteiger partial charge on any atom is 0.500 e. The summed E-state index contributed by atoms with van der Waals surface area (Å²) >= 11 is 3.57. The molecule has 0 saturated carbocycles. The van der Waals surface area contributed by atoms with Crippen molar-refractivity contribution in [3.8, 4) is 0 Å². The Bertz CT molecular complexity index is 336. The Labute approximate surface area is 133 Å². The molecule has 1 rings (SSSR count). The predicted octanol–water partition coefficient (Wildman–Crippen LogP) is 4.39. The van der Waals surface area contributed by atoms with Crippen LogP contribution in [0, 0.1) is 5.92 Å². The van der Waals surface area contributed by atoms with E-state index < -0.39 is 8.32 Å². The molecule has 0 aromatic rings. The summed E-state index contributed by atoms with van der Waals surface area (Å²) in [5.74, 6) is 0.340. The zero-order valence-electron chi connectivity index (χ0n) is 13.7. The van der Waals surface area contributed by atoms with Gasteiger partial charge in [-0.25, -0.2) is 0 Å². The smallest absolute Gasteiger partial charge is 0.416 e. The van der Waals surface area contributed by atoms with E-state index in [1.807, 2.05) is 0 Å². The molecule has 0 aliphatic carbocycles. The third-order valence-electron chi connectivity index (χ3n) is 4.01. The molecule has 0 amide bonds. The first-order valence-corrected chi connectivity index (χ1v) is 11.1. The summed E-state index contributed by atoms with van der Waals surface area (Å²) in [7, 11) is -1.90. The quantitative estimate of drug-likeness (QED) is 0.679. The summed E-state index contributed by atoms with van der Waals surface area (Å²) in [6.07, 6.45) is 3.12. The van der Waals surface area contributed by atoms with Crippen molar-refractivity contribution in [3.63, 3.8) is 0 Å². The van der Waals surface area contributed by atoms with Crippen molar-refractivity contribution in [2.45, 2.75) is 52.2 Å². The first-order valence-electron chi connectivity index (χ1n) is 7.38. The fourth-order valence-corrected chi connectivity index (χ4v) is 3.43. The van der Waals surface area contributed by atoms with Crippen molar-refractivity contribution in [1.82, 2.24) is 0 Å². The lowest BCUT2D eigenvalue weighted by Crippen LogP contribution is -2.41. The number of hydrogen-bond acceptors (Lipinski definition) is 3. The molecule has 0 unspecified atom stereocenters. The molecule has 3 nitrogen and oxygen atoms in total. The predicted molar refractivity (Wildman–Crippen MR) is 91.6 cm³/mol. The first kappa shape index (κ1) is 18.4. The summed E-state index contributed by atoms with van der Waals surface area (Å²) in [6.45, 7) is 15.8. The molecule has 0 N–H and O–H groups in total. The standard InChI is InChI=1S/C14H28BBrO3Si/c1-12(11-19-20(5,6)14(2,3)4)10-13(16)15-17-8-7-9-18-15/h10,12H,7-9,11H2,1-6H3/b13-10-/t12-/m0/s1. The van der Waals surface area contributed by atoms with Crippen LogP contribution in [0.5, 0.6) is 0 Å². The molecule has 6 heteroatoms. The van der Waals surface area contributed by atoms with Crippen LogP contribution >= 0.6 is 15.9 Å². The number of rotatable bonds is 5. The van der Waals surface area contributed by atoms with Crippen molar-refractivity contribution in [2.75, 3.05) is 19.8 Å². The van der Waals surface area contributed by atoms with Crippen LogP contribution in [0.2, 0.25) is 18.1 Å². The zero-order chi connectivity index (χ0) is 15.4. The van der Waals surface area contributed by atoms with E-state index in [0.717, 1.165) is 30.6 Å². The van der Waals surface area contributed by atoms with E-state index >= 15 is 0 Å². The summed E-state index contributed by atoms with van der Waals surface area (Å²) < 4.78 is 18.4. The largest absolute Gasteiger partial charge is 0.500 e. The van der Waals surface area contributed by atoms with Gasteiger partial charge in [-0.2, -0.15) is 0 Å². The molecule has 116 valence electrons. The van der Waals surface area contributed by atoms with Crippen LogP contribution in [-0.4, -0.2) is 35.3 Å². The molecule has 0 aromatic carbocycles. The summed E-state index contributed by atoms with van der Waals surface area (Å²) in [5.41, 5.74) is 0. The topological polar surface area (TPSA) is 27.7 Å². The molecule has 1 aliphatic heterocycles. The monoisotopic (exact) mass is 362 g/mol. The van der Waals surface area contributed by atoms with E-state index in [9.17, 15) is 0 Å². The van der Waals surface area contributed by atoms with Gasteiger partial charge in [-0.1, -0.05) is 49.7 Å². The Kier molecular flexibility index (Phi) is 6.99. The highest BCUT2D eigenvalue weighted by molar-refractivity contribution is 9.12.